The Labute approximate surface area is 164 Å². The molecular weight excluding hydrogens is 385 g/mol. The lowest BCUT2D eigenvalue weighted by molar-refractivity contribution is -0.113. The van der Waals surface area contributed by atoms with Crippen molar-refractivity contribution < 1.29 is 9.18 Å². The fraction of sp³-hybridized carbons (Fsp3) is 0.316. The molecule has 5 nitrogen and oxygen atoms in total. The fourth-order valence-corrected chi connectivity index (χ4v) is 4.23. The van der Waals surface area contributed by atoms with Crippen molar-refractivity contribution in [2.24, 2.45) is 5.92 Å². The Balaban J connectivity index is 1.79. The Bertz CT molecular complexity index is 1040. The van der Waals surface area contributed by atoms with Crippen LogP contribution in [0.4, 0.5) is 10.1 Å². The molecule has 0 unspecified atom stereocenters. The van der Waals surface area contributed by atoms with E-state index < -0.39 is 0 Å². The van der Waals surface area contributed by atoms with Gasteiger partial charge in [-0.25, -0.2) is 9.37 Å². The van der Waals surface area contributed by atoms with Gasteiger partial charge in [0.25, 0.3) is 5.56 Å². The zero-order valence-electron chi connectivity index (χ0n) is 15.3. The number of anilines is 1. The first-order valence-corrected chi connectivity index (χ1v) is 10.4. The number of aryl methyl sites for hydroxylation is 1. The molecule has 142 valence electrons. The molecule has 0 atom stereocenters. The van der Waals surface area contributed by atoms with E-state index in [2.05, 4.69) is 10.3 Å². The Hall–Kier alpha value is -2.19. The van der Waals surface area contributed by atoms with Crippen molar-refractivity contribution in [1.82, 2.24) is 9.55 Å². The average Bonchev–Trinajstić information content (AvgIpc) is 3.07. The molecule has 0 radical (unpaired) electrons. The zero-order valence-corrected chi connectivity index (χ0v) is 16.9. The lowest BCUT2D eigenvalue weighted by Crippen LogP contribution is -2.25. The molecule has 0 bridgehead atoms. The number of hydrogen-bond acceptors (Lipinski definition) is 5. The molecule has 0 fully saturated rings. The van der Waals surface area contributed by atoms with Crippen molar-refractivity contribution in [2.45, 2.75) is 32.5 Å². The van der Waals surface area contributed by atoms with Crippen LogP contribution in [0.1, 0.15) is 19.4 Å². The summed E-state index contributed by atoms with van der Waals surface area (Å²) in [6, 6.07) is 6.03. The molecule has 8 heteroatoms. The van der Waals surface area contributed by atoms with Crippen LogP contribution in [0.15, 0.2) is 39.6 Å². The van der Waals surface area contributed by atoms with Crippen LogP contribution >= 0.6 is 23.1 Å². The molecule has 2 heterocycles. The number of amides is 1. The maximum atomic E-state index is 13.2. The predicted octanol–water partition coefficient (Wildman–Crippen LogP) is 4.29. The molecule has 3 aromatic rings. The summed E-state index contributed by atoms with van der Waals surface area (Å²) in [5, 5.41) is 5.15. The van der Waals surface area contributed by atoms with E-state index in [1.54, 1.807) is 11.5 Å². The van der Waals surface area contributed by atoms with Gasteiger partial charge in [0, 0.05) is 12.2 Å². The molecule has 0 aliphatic heterocycles. The largest absolute Gasteiger partial charge is 0.325 e. The van der Waals surface area contributed by atoms with Crippen LogP contribution in [0, 0.1) is 18.7 Å². The third-order valence-corrected chi connectivity index (χ3v) is 5.74. The first-order valence-electron chi connectivity index (χ1n) is 8.52. The molecule has 1 aromatic carbocycles. The molecule has 0 aliphatic carbocycles. The molecule has 0 saturated heterocycles. The van der Waals surface area contributed by atoms with Gasteiger partial charge in [0.15, 0.2) is 5.16 Å². The van der Waals surface area contributed by atoms with Gasteiger partial charge in [-0.05, 0) is 48.1 Å². The van der Waals surface area contributed by atoms with E-state index in [0.29, 0.717) is 33.2 Å². The van der Waals surface area contributed by atoms with Crippen LogP contribution in [0.25, 0.3) is 10.2 Å². The van der Waals surface area contributed by atoms with Crippen LogP contribution < -0.4 is 10.9 Å². The normalized spacial score (nSPS) is 11.3. The number of aromatic nitrogens is 2. The van der Waals surface area contributed by atoms with Gasteiger partial charge in [0.05, 0.1) is 11.3 Å². The highest BCUT2D eigenvalue weighted by Crippen LogP contribution is 2.22. The summed E-state index contributed by atoms with van der Waals surface area (Å²) in [4.78, 5) is 29.6. The summed E-state index contributed by atoms with van der Waals surface area (Å²) in [5.74, 6) is -0.190. The van der Waals surface area contributed by atoms with Crippen LogP contribution in [0.3, 0.4) is 0 Å². The van der Waals surface area contributed by atoms with Crippen molar-refractivity contribution in [2.75, 3.05) is 11.1 Å². The van der Waals surface area contributed by atoms with Gasteiger partial charge < -0.3 is 5.32 Å². The van der Waals surface area contributed by atoms with Crippen molar-refractivity contribution in [3.63, 3.8) is 0 Å². The van der Waals surface area contributed by atoms with Gasteiger partial charge >= 0.3 is 0 Å². The summed E-state index contributed by atoms with van der Waals surface area (Å²) in [6.45, 7) is 6.34. The fourth-order valence-electron chi connectivity index (χ4n) is 2.64. The summed E-state index contributed by atoms with van der Waals surface area (Å²) in [5.41, 5.74) is 1.81. The number of thioether (sulfide) groups is 1. The summed E-state index contributed by atoms with van der Waals surface area (Å²) >= 11 is 2.61. The van der Waals surface area contributed by atoms with Gasteiger partial charge in [0.2, 0.25) is 5.91 Å². The minimum Gasteiger partial charge on any atom is -0.325 e. The lowest BCUT2D eigenvalue weighted by Gasteiger charge is -2.14. The Morgan fingerprint density at radius 2 is 2.15 bits per heavy atom. The first kappa shape index (κ1) is 19.6. The number of halogens is 1. The van der Waals surface area contributed by atoms with Crippen molar-refractivity contribution in [3.8, 4) is 0 Å². The standard InChI is InChI=1S/C19H20FN3O2S2/c1-11(2)9-23-18(25)17-15(6-7-26-17)22-19(23)27-10-16(24)21-14-5-4-13(20)8-12(14)3/h4-8,11H,9-10H2,1-3H3,(H,21,24). The van der Waals surface area contributed by atoms with E-state index in [-0.39, 0.29) is 29.0 Å². The number of carbonyl (C=O) groups excluding carboxylic acids is 1. The topological polar surface area (TPSA) is 64.0 Å². The van der Waals surface area contributed by atoms with E-state index >= 15 is 0 Å². The number of thiophene rings is 1. The Morgan fingerprint density at radius 3 is 2.85 bits per heavy atom. The first-order chi connectivity index (χ1) is 12.8. The number of hydrogen-bond donors (Lipinski definition) is 1. The number of rotatable bonds is 6. The third kappa shape index (κ3) is 4.56. The van der Waals surface area contributed by atoms with Crippen molar-refractivity contribution in [1.29, 1.82) is 0 Å². The second kappa shape index (κ2) is 8.22. The van der Waals surface area contributed by atoms with Gasteiger partial charge in [-0.2, -0.15) is 0 Å². The monoisotopic (exact) mass is 405 g/mol. The second-order valence-corrected chi connectivity index (χ2v) is 8.49. The number of fused-ring (bicyclic) bond motifs is 1. The number of benzene rings is 1. The third-order valence-electron chi connectivity index (χ3n) is 3.87. The van der Waals surface area contributed by atoms with E-state index in [1.165, 1.54) is 41.3 Å². The van der Waals surface area contributed by atoms with Gasteiger partial charge in [-0.1, -0.05) is 25.6 Å². The molecular formula is C19H20FN3O2S2. The summed E-state index contributed by atoms with van der Waals surface area (Å²) in [7, 11) is 0. The van der Waals surface area contributed by atoms with Crippen molar-refractivity contribution >= 4 is 44.9 Å². The second-order valence-electron chi connectivity index (χ2n) is 6.64. The van der Waals surface area contributed by atoms with E-state index in [1.807, 2.05) is 25.3 Å². The highest BCUT2D eigenvalue weighted by molar-refractivity contribution is 7.99. The van der Waals surface area contributed by atoms with Gasteiger partial charge in [0.1, 0.15) is 10.5 Å². The number of carbonyl (C=O) groups is 1. The average molecular weight is 406 g/mol. The molecule has 3 rings (SSSR count). The van der Waals surface area contributed by atoms with Gasteiger partial charge in [-0.15, -0.1) is 11.3 Å². The molecule has 0 aliphatic rings. The van der Waals surface area contributed by atoms with Crippen LogP contribution in [0.5, 0.6) is 0 Å². The quantitative estimate of drug-likeness (QED) is 0.491. The predicted molar refractivity (Wildman–Crippen MR) is 109 cm³/mol. The van der Waals surface area contributed by atoms with Crippen molar-refractivity contribution in [3.05, 3.63) is 51.4 Å². The molecule has 1 amide bonds. The number of nitrogens with zero attached hydrogens (tertiary/aromatic N) is 2. The lowest BCUT2D eigenvalue weighted by atomic mass is 10.2. The van der Waals surface area contributed by atoms with E-state index in [0.717, 1.165) is 0 Å². The van der Waals surface area contributed by atoms with Gasteiger partial charge in [-0.3, -0.25) is 14.2 Å². The maximum absolute atomic E-state index is 13.2. The molecule has 0 spiro atoms. The molecule has 1 N–H and O–H groups in total. The maximum Gasteiger partial charge on any atom is 0.272 e. The summed E-state index contributed by atoms with van der Waals surface area (Å²) in [6.07, 6.45) is 0. The Morgan fingerprint density at radius 1 is 1.37 bits per heavy atom. The highest BCUT2D eigenvalue weighted by atomic mass is 32.2. The highest BCUT2D eigenvalue weighted by Gasteiger charge is 2.15. The Kier molecular flexibility index (Phi) is 5.96. The molecule has 2 aromatic heterocycles. The smallest absolute Gasteiger partial charge is 0.272 e. The number of nitrogens with one attached hydrogen (secondary N) is 1. The van der Waals surface area contributed by atoms with E-state index in [4.69, 9.17) is 0 Å². The molecule has 0 saturated carbocycles. The minimum absolute atomic E-state index is 0.0685. The van der Waals surface area contributed by atoms with Crippen LogP contribution in [0.2, 0.25) is 0 Å². The molecule has 27 heavy (non-hydrogen) atoms. The summed E-state index contributed by atoms with van der Waals surface area (Å²) < 4.78 is 15.5. The zero-order chi connectivity index (χ0) is 19.6. The SMILES string of the molecule is Cc1cc(F)ccc1NC(=O)CSc1nc2ccsc2c(=O)n1CC(C)C. The van der Waals surface area contributed by atoms with Crippen LogP contribution in [-0.4, -0.2) is 21.2 Å². The van der Waals surface area contributed by atoms with E-state index in [9.17, 15) is 14.0 Å². The van der Waals surface area contributed by atoms with Crippen LogP contribution in [-0.2, 0) is 11.3 Å². The minimum atomic E-state index is -0.342.